The fourth-order valence-electron chi connectivity index (χ4n) is 4.13. The van der Waals surface area contributed by atoms with Gasteiger partial charge in [0.25, 0.3) is 5.89 Å². The molecule has 0 fully saturated rings. The molecule has 0 saturated carbocycles. The summed E-state index contributed by atoms with van der Waals surface area (Å²) >= 11 is 0. The Morgan fingerprint density at radius 1 is 0.526 bits per heavy atom. The molecule has 0 aliphatic rings. The summed E-state index contributed by atoms with van der Waals surface area (Å²) in [6.07, 6.45) is 0. The van der Waals surface area contributed by atoms with Crippen LogP contribution < -0.4 is 4.74 Å². The first-order valence-electron chi connectivity index (χ1n) is 12.6. The Bertz CT molecular complexity index is 1550. The normalized spacial score (nSPS) is 12.1. The molecule has 194 valence electrons. The lowest BCUT2D eigenvalue weighted by molar-refractivity contribution is 0.414. The lowest BCUT2D eigenvalue weighted by Crippen LogP contribution is -2.10. The van der Waals surface area contributed by atoms with Crippen molar-refractivity contribution in [2.75, 3.05) is 7.11 Å². The lowest BCUT2D eigenvalue weighted by atomic mass is 9.87. The molecule has 0 spiro atoms. The quantitative estimate of drug-likeness (QED) is 0.240. The molecule has 2 heterocycles. The first kappa shape index (κ1) is 25.4. The molecule has 5 aromatic rings. The third kappa shape index (κ3) is 5.09. The summed E-state index contributed by atoms with van der Waals surface area (Å²) in [7, 11) is 1.60. The van der Waals surface area contributed by atoms with Crippen LogP contribution in [-0.4, -0.2) is 27.5 Å². The molecule has 38 heavy (non-hydrogen) atoms. The molecule has 5 rings (SSSR count). The summed E-state index contributed by atoms with van der Waals surface area (Å²) in [6.45, 7) is 13.1. The second-order valence-electron chi connectivity index (χ2n) is 11.4. The van der Waals surface area contributed by atoms with E-state index < -0.39 is 0 Å². The van der Waals surface area contributed by atoms with Gasteiger partial charge in [-0.15, -0.1) is 20.4 Å². The zero-order chi connectivity index (χ0) is 27.1. The highest BCUT2D eigenvalue weighted by Crippen LogP contribution is 2.35. The van der Waals surface area contributed by atoms with E-state index in [-0.39, 0.29) is 10.8 Å². The van der Waals surface area contributed by atoms with E-state index in [1.165, 1.54) is 11.1 Å². The second-order valence-corrected chi connectivity index (χ2v) is 11.4. The topological polar surface area (TPSA) is 87.1 Å². The Morgan fingerprint density at radius 2 is 0.921 bits per heavy atom. The number of rotatable bonds is 5. The van der Waals surface area contributed by atoms with Gasteiger partial charge in [0.15, 0.2) is 0 Å². The van der Waals surface area contributed by atoms with Gasteiger partial charge in [-0.3, -0.25) is 0 Å². The van der Waals surface area contributed by atoms with Crippen molar-refractivity contribution in [1.29, 1.82) is 0 Å². The summed E-state index contributed by atoms with van der Waals surface area (Å²) < 4.78 is 17.7. The van der Waals surface area contributed by atoms with Gasteiger partial charge in [0.1, 0.15) is 5.75 Å². The van der Waals surface area contributed by atoms with Crippen LogP contribution in [0.3, 0.4) is 0 Å². The second kappa shape index (κ2) is 9.56. The summed E-state index contributed by atoms with van der Waals surface area (Å²) in [4.78, 5) is 0. The van der Waals surface area contributed by atoms with Crippen LogP contribution in [0.2, 0.25) is 0 Å². The van der Waals surface area contributed by atoms with Gasteiger partial charge in [-0.1, -0.05) is 65.8 Å². The number of benzene rings is 3. The average molecular weight is 509 g/mol. The van der Waals surface area contributed by atoms with Gasteiger partial charge in [0.05, 0.1) is 12.7 Å². The first-order valence-corrected chi connectivity index (χ1v) is 12.6. The standard InChI is InChI=1S/C31H32N4O3/c1-30(2,3)22-13-8-19(9-14-22)26-32-34-28(37-26)21-12-17-24(25(18-21)36-7)29-35-33-27(38-29)20-10-15-23(16-11-20)31(4,5)6/h8-18H,1-7H3. The molecule has 0 aliphatic carbocycles. The number of ether oxygens (including phenoxy) is 1. The fourth-order valence-corrected chi connectivity index (χ4v) is 4.13. The van der Waals surface area contributed by atoms with Crippen LogP contribution in [0.5, 0.6) is 5.75 Å². The van der Waals surface area contributed by atoms with Gasteiger partial charge in [-0.05, 0) is 64.4 Å². The monoisotopic (exact) mass is 508 g/mol. The highest BCUT2D eigenvalue weighted by molar-refractivity contribution is 5.70. The highest BCUT2D eigenvalue weighted by atomic mass is 16.5. The molecule has 0 N–H and O–H groups in total. The zero-order valence-electron chi connectivity index (χ0n) is 22.9. The van der Waals surface area contributed by atoms with Crippen molar-refractivity contribution in [3.63, 3.8) is 0 Å². The maximum absolute atomic E-state index is 6.01. The summed E-state index contributed by atoms with van der Waals surface area (Å²) in [5.41, 5.74) is 5.77. The zero-order valence-corrected chi connectivity index (χ0v) is 22.9. The van der Waals surface area contributed by atoms with Crippen LogP contribution >= 0.6 is 0 Å². The van der Waals surface area contributed by atoms with E-state index in [1.807, 2.05) is 42.5 Å². The van der Waals surface area contributed by atoms with Crippen LogP contribution in [0.15, 0.2) is 75.6 Å². The van der Waals surface area contributed by atoms with Crippen molar-refractivity contribution in [2.45, 2.75) is 52.4 Å². The van der Waals surface area contributed by atoms with Crippen LogP contribution in [0, 0.1) is 0 Å². The Labute approximate surface area is 222 Å². The third-order valence-electron chi connectivity index (χ3n) is 6.52. The molecular weight excluding hydrogens is 476 g/mol. The summed E-state index contributed by atoms with van der Waals surface area (Å²) in [6, 6.07) is 21.9. The van der Waals surface area contributed by atoms with E-state index in [1.54, 1.807) is 7.11 Å². The fraction of sp³-hybridized carbons (Fsp3) is 0.290. The Morgan fingerprint density at radius 3 is 1.37 bits per heavy atom. The van der Waals surface area contributed by atoms with Crippen molar-refractivity contribution < 1.29 is 13.6 Å². The largest absolute Gasteiger partial charge is 0.496 e. The average Bonchev–Trinajstić information content (AvgIpc) is 3.58. The Hall–Kier alpha value is -4.26. The van der Waals surface area contributed by atoms with Crippen molar-refractivity contribution in [2.24, 2.45) is 0 Å². The molecular formula is C31H32N4O3. The van der Waals surface area contributed by atoms with Crippen molar-refractivity contribution in [3.8, 4) is 51.6 Å². The molecule has 0 unspecified atom stereocenters. The third-order valence-corrected chi connectivity index (χ3v) is 6.52. The van der Waals surface area contributed by atoms with Crippen LogP contribution in [0.1, 0.15) is 52.7 Å². The van der Waals surface area contributed by atoms with Gasteiger partial charge in [-0.2, -0.15) is 0 Å². The smallest absolute Gasteiger partial charge is 0.251 e. The minimum absolute atomic E-state index is 0.0731. The summed E-state index contributed by atoms with van der Waals surface area (Å²) in [5, 5.41) is 17.0. The maximum Gasteiger partial charge on any atom is 0.251 e. The molecule has 0 radical (unpaired) electrons. The van der Waals surface area contributed by atoms with Gasteiger partial charge >= 0.3 is 0 Å². The Kier molecular flexibility index (Phi) is 6.39. The van der Waals surface area contributed by atoms with E-state index in [4.69, 9.17) is 13.6 Å². The van der Waals surface area contributed by atoms with Crippen LogP contribution in [0.25, 0.3) is 45.8 Å². The van der Waals surface area contributed by atoms with E-state index >= 15 is 0 Å². The number of aromatic nitrogens is 4. The van der Waals surface area contributed by atoms with E-state index in [0.29, 0.717) is 34.9 Å². The molecule has 7 heteroatoms. The van der Waals surface area contributed by atoms with Crippen LogP contribution in [-0.2, 0) is 10.8 Å². The minimum Gasteiger partial charge on any atom is -0.496 e. The molecule has 0 bridgehead atoms. The number of methoxy groups -OCH3 is 1. The van der Waals surface area contributed by atoms with Gasteiger partial charge in [0.2, 0.25) is 17.7 Å². The maximum atomic E-state index is 6.01. The predicted octanol–water partition coefficient (Wildman–Crippen LogP) is 7.72. The minimum atomic E-state index is 0.0731. The number of nitrogens with zero attached hydrogens (tertiary/aromatic N) is 4. The molecule has 0 atom stereocenters. The van der Waals surface area contributed by atoms with Crippen molar-refractivity contribution in [1.82, 2.24) is 20.4 Å². The van der Waals surface area contributed by atoms with Crippen molar-refractivity contribution in [3.05, 3.63) is 77.9 Å². The summed E-state index contributed by atoms with van der Waals surface area (Å²) in [5.74, 6) is 2.24. The van der Waals surface area contributed by atoms with E-state index in [2.05, 4.69) is 86.2 Å². The van der Waals surface area contributed by atoms with Gasteiger partial charge in [-0.25, -0.2) is 0 Å². The van der Waals surface area contributed by atoms with E-state index in [9.17, 15) is 0 Å². The molecule has 3 aromatic carbocycles. The van der Waals surface area contributed by atoms with Crippen molar-refractivity contribution >= 4 is 0 Å². The van der Waals surface area contributed by atoms with Gasteiger partial charge in [0, 0.05) is 16.7 Å². The first-order chi connectivity index (χ1) is 18.0. The lowest BCUT2D eigenvalue weighted by Gasteiger charge is -2.18. The number of hydrogen-bond donors (Lipinski definition) is 0. The SMILES string of the molecule is COc1cc(-c2nnc(-c3ccc(C(C)(C)C)cc3)o2)ccc1-c1nnc(-c2ccc(C(C)(C)C)cc2)o1. The molecule has 2 aromatic heterocycles. The highest BCUT2D eigenvalue weighted by Gasteiger charge is 2.20. The van der Waals surface area contributed by atoms with Gasteiger partial charge < -0.3 is 13.6 Å². The Balaban J connectivity index is 1.39. The molecule has 0 aliphatic heterocycles. The molecule has 0 amide bonds. The molecule has 7 nitrogen and oxygen atoms in total. The van der Waals surface area contributed by atoms with Crippen LogP contribution in [0.4, 0.5) is 0 Å². The molecule has 0 saturated heterocycles. The number of hydrogen-bond acceptors (Lipinski definition) is 7. The van der Waals surface area contributed by atoms with E-state index in [0.717, 1.165) is 16.7 Å². The predicted molar refractivity (Wildman–Crippen MR) is 148 cm³/mol.